The number of allylic oxidation sites excluding steroid dienone is 4. The summed E-state index contributed by atoms with van der Waals surface area (Å²) in [4.78, 5) is 0. The third kappa shape index (κ3) is 7.09. The Morgan fingerprint density at radius 3 is 1.75 bits per heavy atom. The van der Waals surface area contributed by atoms with Crippen LogP contribution < -0.4 is 6.54 Å². The van der Waals surface area contributed by atoms with Gasteiger partial charge in [-0.1, -0.05) is 0 Å². The van der Waals surface area contributed by atoms with E-state index in [1.807, 2.05) is 0 Å². The van der Waals surface area contributed by atoms with Crippen LogP contribution in [-0.2, 0) is 35.5 Å². The Labute approximate surface area is 403 Å². The second kappa shape index (κ2) is 16.0. The summed E-state index contributed by atoms with van der Waals surface area (Å²) in [7, 11) is 0. The molecule has 6 aliphatic carbocycles. The van der Waals surface area contributed by atoms with Crippen molar-refractivity contribution in [3.63, 3.8) is 0 Å². The molecular formula is C62H70Cl2Zr. The van der Waals surface area contributed by atoms with Crippen molar-refractivity contribution in [2.24, 2.45) is 35.0 Å². The summed E-state index contributed by atoms with van der Waals surface area (Å²) < 4.78 is 13.5. The van der Waals surface area contributed by atoms with Crippen LogP contribution in [0.1, 0.15) is 110 Å². The molecule has 0 radical (unpaired) electrons. The molecule has 0 saturated heterocycles. The molecule has 4 bridgehead atoms. The van der Waals surface area contributed by atoms with Crippen molar-refractivity contribution in [3.05, 3.63) is 165 Å². The van der Waals surface area contributed by atoms with Gasteiger partial charge in [0.15, 0.2) is 0 Å². The Morgan fingerprint density at radius 1 is 0.600 bits per heavy atom. The van der Waals surface area contributed by atoms with Gasteiger partial charge in [-0.05, 0) is 0 Å². The van der Waals surface area contributed by atoms with Crippen molar-refractivity contribution < 1.29 is 18.3 Å². The third-order valence-electron chi connectivity index (χ3n) is 17.8. The fourth-order valence-electron chi connectivity index (χ4n) is 14.7. The Hall–Kier alpha value is -3.61. The average molecular weight is 977 g/mol. The monoisotopic (exact) mass is 974 g/mol. The van der Waals surface area contributed by atoms with Gasteiger partial charge < -0.3 is 0 Å². The summed E-state index contributed by atoms with van der Waals surface area (Å²) in [6, 6.07) is 47.1. The molecule has 0 nitrogen and oxygen atoms in total. The SMILES string of the molecule is Cl.Cl.[CH2]=[Zr]([CH3])([C]1=CC(C2(C)C3CC4CC(C3)CC2C4)=CC1C)([c]1ccc2ccccc2c1)[c]1c2c(cc(C(C)(C)C)c1-c1ccccc1)-c1cc(C(C)(C)C)c(-c3ccccc3)cc1C2. The van der Waals surface area contributed by atoms with Crippen LogP contribution in [0, 0.1) is 35.0 Å². The van der Waals surface area contributed by atoms with Gasteiger partial charge in [-0.3, -0.25) is 0 Å². The molecule has 6 aromatic carbocycles. The van der Waals surface area contributed by atoms with E-state index in [2.05, 4.69) is 194 Å². The fraction of sp³-hybridized carbons (Fsp3) is 0.371. The van der Waals surface area contributed by atoms with Crippen molar-refractivity contribution in [2.45, 2.75) is 109 Å². The van der Waals surface area contributed by atoms with E-state index in [0.29, 0.717) is 5.92 Å². The second-order valence-electron chi connectivity index (χ2n) is 23.8. The van der Waals surface area contributed by atoms with Crippen LogP contribution in [0.4, 0.5) is 0 Å². The zero-order chi connectivity index (χ0) is 43.9. The van der Waals surface area contributed by atoms with Gasteiger partial charge in [0.2, 0.25) is 0 Å². The molecule has 1 atom stereocenters. The van der Waals surface area contributed by atoms with Gasteiger partial charge in [0.25, 0.3) is 0 Å². The molecule has 1 unspecified atom stereocenters. The molecule has 0 spiro atoms. The molecule has 4 saturated carbocycles. The summed E-state index contributed by atoms with van der Waals surface area (Å²) in [6.45, 7) is 19.8. The van der Waals surface area contributed by atoms with E-state index in [1.54, 1.807) is 12.1 Å². The third-order valence-corrected chi connectivity index (χ3v) is 32.4. The van der Waals surface area contributed by atoms with E-state index in [9.17, 15) is 0 Å². The molecule has 12 rings (SSSR count). The summed E-state index contributed by atoms with van der Waals surface area (Å²) in [5.74, 6) is 3.80. The first-order valence-electron chi connectivity index (χ1n) is 24.4. The van der Waals surface area contributed by atoms with Crippen LogP contribution in [0.25, 0.3) is 44.2 Å². The molecule has 65 heavy (non-hydrogen) atoms. The molecule has 336 valence electrons. The van der Waals surface area contributed by atoms with Crippen LogP contribution >= 0.6 is 24.8 Å². The first kappa shape index (κ1) is 46.5. The zero-order valence-corrected chi connectivity index (χ0v) is 44.4. The molecule has 3 heteroatoms. The molecule has 6 aliphatic rings. The number of halogens is 2. The number of fused-ring (bicyclic) bond motifs is 4. The van der Waals surface area contributed by atoms with Gasteiger partial charge in [-0.25, -0.2) is 0 Å². The first-order chi connectivity index (χ1) is 29.9. The average Bonchev–Trinajstić information content (AvgIpc) is 3.84. The van der Waals surface area contributed by atoms with Crippen LogP contribution in [0.3, 0.4) is 0 Å². The Morgan fingerprint density at radius 2 is 1.15 bits per heavy atom. The van der Waals surface area contributed by atoms with Crippen molar-refractivity contribution >= 4 is 46.3 Å². The zero-order valence-electron chi connectivity index (χ0n) is 40.4. The maximum absolute atomic E-state index is 6.05. The summed E-state index contributed by atoms with van der Waals surface area (Å²) in [5.41, 5.74) is 15.9. The van der Waals surface area contributed by atoms with Gasteiger partial charge in [-0.15, -0.1) is 24.8 Å². The Kier molecular flexibility index (Phi) is 11.4. The molecule has 0 aromatic heterocycles. The van der Waals surface area contributed by atoms with Crippen molar-refractivity contribution in [1.82, 2.24) is 0 Å². The summed E-state index contributed by atoms with van der Waals surface area (Å²) in [5, 5.41) is 2.63. The molecule has 0 N–H and O–H groups in total. The van der Waals surface area contributed by atoms with Crippen LogP contribution in [0.15, 0.2) is 142 Å². The van der Waals surface area contributed by atoms with E-state index in [-0.39, 0.29) is 41.1 Å². The molecule has 0 heterocycles. The standard InChI is InChI=1S/C33H33.C17H23.C10H7.CH3.CH2.2ClH.Zr/c1-32(2,3)30-20-26-24(18-28(30)22-13-9-7-10-14-22)17-25-19-29(23-15-11-8-12-16-23)31(21-27(25)26)33(4,5)6;1-11-3-4-14(5-11)17(2)15-7-12-6-13(9-15)10-16(17)8-12;1-2-6-10-8-4-3-7-9(10)5-1;;;;;/h7-16,18,20-21H,17H2,1-6H3;4-5,11-13,15-16H,6-10H2,1-2H3;1-3,5-8H;1H3;1H2;2*1H;. The summed E-state index contributed by atoms with van der Waals surface area (Å²) >= 11 is -5.01. The first-order valence-corrected chi connectivity index (χ1v) is 32.3. The predicted molar refractivity (Wildman–Crippen MR) is 284 cm³/mol. The Bertz CT molecular complexity index is 2960. The fourth-order valence-corrected chi connectivity index (χ4v) is 29.0. The van der Waals surface area contributed by atoms with Gasteiger partial charge in [-0.2, -0.15) is 0 Å². The quantitative estimate of drug-likeness (QED) is 0.156. The molecule has 4 fully saturated rings. The number of benzene rings is 6. The van der Waals surface area contributed by atoms with Gasteiger partial charge >= 0.3 is 382 Å². The number of rotatable bonds is 6. The van der Waals surface area contributed by atoms with E-state index in [4.69, 9.17) is 4.21 Å². The second-order valence-corrected chi connectivity index (χ2v) is 37.8. The van der Waals surface area contributed by atoms with Gasteiger partial charge in [0.05, 0.1) is 0 Å². The molecule has 0 amide bonds. The number of hydrogen-bond donors (Lipinski definition) is 0. The minimum absolute atomic E-state index is 0. The van der Waals surface area contributed by atoms with E-state index >= 15 is 0 Å². The predicted octanol–water partition coefficient (Wildman–Crippen LogP) is 16.2. The normalized spacial score (nSPS) is 24.5. The number of hydrogen-bond acceptors (Lipinski definition) is 0. The summed E-state index contributed by atoms with van der Waals surface area (Å²) in [6.07, 6.45) is 13.7. The maximum atomic E-state index is 6.05. The molecular weight excluding hydrogens is 907 g/mol. The molecule has 6 aromatic rings. The topological polar surface area (TPSA) is 0 Å². The van der Waals surface area contributed by atoms with Crippen molar-refractivity contribution in [2.75, 3.05) is 0 Å². The van der Waals surface area contributed by atoms with Gasteiger partial charge in [0.1, 0.15) is 0 Å². The van der Waals surface area contributed by atoms with Crippen molar-refractivity contribution in [3.8, 4) is 33.4 Å². The van der Waals surface area contributed by atoms with Crippen LogP contribution in [-0.4, -0.2) is 4.21 Å². The van der Waals surface area contributed by atoms with E-state index in [0.717, 1.165) is 30.1 Å². The van der Waals surface area contributed by atoms with E-state index in [1.165, 1.54) is 102 Å². The van der Waals surface area contributed by atoms with E-state index < -0.39 is 18.3 Å². The van der Waals surface area contributed by atoms with Crippen LogP contribution in [0.2, 0.25) is 4.63 Å². The van der Waals surface area contributed by atoms with Gasteiger partial charge in [0, 0.05) is 0 Å². The minimum atomic E-state index is -5.01. The molecule has 0 aliphatic heterocycles. The van der Waals surface area contributed by atoms with Crippen molar-refractivity contribution in [1.29, 1.82) is 0 Å². The van der Waals surface area contributed by atoms with Crippen LogP contribution in [0.5, 0.6) is 0 Å². The Balaban J connectivity index is 0.00000266.